The van der Waals surface area contributed by atoms with Gasteiger partial charge < -0.3 is 5.32 Å². The van der Waals surface area contributed by atoms with Gasteiger partial charge in [0.05, 0.1) is 0 Å². The highest BCUT2D eigenvalue weighted by Crippen LogP contribution is 2.16. The van der Waals surface area contributed by atoms with Crippen molar-refractivity contribution in [2.75, 3.05) is 0 Å². The summed E-state index contributed by atoms with van der Waals surface area (Å²) in [6, 6.07) is -1.88. The van der Waals surface area contributed by atoms with Gasteiger partial charge in [-0.3, -0.25) is 24.6 Å². The molecule has 1 aliphatic rings. The Hall–Kier alpha value is -1.92. The van der Waals surface area contributed by atoms with Crippen molar-refractivity contribution in [1.82, 2.24) is 15.5 Å². The number of imide groups is 2. The second-order valence-corrected chi connectivity index (χ2v) is 4.80. The molecule has 0 radical (unpaired) electrons. The second-order valence-electron chi connectivity index (χ2n) is 4.80. The van der Waals surface area contributed by atoms with E-state index < -0.39 is 35.7 Å². The lowest BCUT2D eigenvalue weighted by atomic mass is 10.0. The molecule has 0 saturated carbocycles. The summed E-state index contributed by atoms with van der Waals surface area (Å²) in [6.07, 6.45) is 0.285. The summed E-state index contributed by atoms with van der Waals surface area (Å²) in [4.78, 5) is 47.9. The van der Waals surface area contributed by atoms with Gasteiger partial charge in [-0.15, -0.1) is 0 Å². The third-order valence-electron chi connectivity index (χ3n) is 2.91. The fourth-order valence-corrected chi connectivity index (χ4v) is 1.88. The number of hydrogen-bond donors (Lipinski definition) is 2. The second kappa shape index (κ2) is 5.81. The minimum Gasteiger partial charge on any atom is -0.352 e. The predicted molar refractivity (Wildman–Crippen MR) is 66.9 cm³/mol. The van der Waals surface area contributed by atoms with Gasteiger partial charge in [-0.25, -0.2) is 4.79 Å². The Morgan fingerprint density at radius 1 is 1.32 bits per heavy atom. The average molecular weight is 269 g/mol. The van der Waals surface area contributed by atoms with Gasteiger partial charge in [-0.2, -0.15) is 0 Å². The largest absolute Gasteiger partial charge is 0.352 e. The van der Waals surface area contributed by atoms with Crippen LogP contribution in [0.15, 0.2) is 0 Å². The van der Waals surface area contributed by atoms with Crippen molar-refractivity contribution >= 4 is 23.8 Å². The minimum absolute atomic E-state index is 0.0958. The highest BCUT2D eigenvalue weighted by Gasteiger charge is 2.43. The number of rotatable bonds is 4. The molecule has 1 aliphatic heterocycles. The van der Waals surface area contributed by atoms with Gasteiger partial charge in [-0.1, -0.05) is 6.92 Å². The first kappa shape index (κ1) is 15.1. The molecule has 1 heterocycles. The number of urea groups is 1. The van der Waals surface area contributed by atoms with Gasteiger partial charge in [0.15, 0.2) is 0 Å². The van der Waals surface area contributed by atoms with Crippen molar-refractivity contribution in [3.05, 3.63) is 0 Å². The summed E-state index contributed by atoms with van der Waals surface area (Å²) in [7, 11) is 0. The first-order valence-corrected chi connectivity index (χ1v) is 6.27. The van der Waals surface area contributed by atoms with E-state index in [1.54, 1.807) is 20.8 Å². The van der Waals surface area contributed by atoms with E-state index in [0.29, 0.717) is 0 Å². The SMILES string of the molecule is CCC1C(=O)NC(=O)N(C(C)C(=O)NC(C)C)C1=O. The average Bonchev–Trinajstić information content (AvgIpc) is 2.27. The number of carbonyl (C=O) groups excluding carboxylic acids is 4. The number of amides is 5. The standard InChI is InChI=1S/C12H19N3O4/c1-5-8-10(17)14-12(19)15(11(8)18)7(4)9(16)13-6(2)3/h6-8H,5H2,1-4H3,(H,13,16)(H,14,17,19). The molecular weight excluding hydrogens is 250 g/mol. The molecule has 1 fully saturated rings. The molecule has 5 amide bonds. The van der Waals surface area contributed by atoms with Crippen LogP contribution in [-0.2, 0) is 14.4 Å². The van der Waals surface area contributed by atoms with Gasteiger partial charge in [-0.05, 0) is 27.2 Å². The maximum atomic E-state index is 12.1. The van der Waals surface area contributed by atoms with Crippen LogP contribution in [0.1, 0.15) is 34.1 Å². The van der Waals surface area contributed by atoms with E-state index in [0.717, 1.165) is 4.90 Å². The lowest BCUT2D eigenvalue weighted by molar-refractivity contribution is -0.147. The lowest BCUT2D eigenvalue weighted by Gasteiger charge is -2.33. The van der Waals surface area contributed by atoms with Crippen LogP contribution in [0.2, 0.25) is 0 Å². The summed E-state index contributed by atoms with van der Waals surface area (Å²) in [5.74, 6) is -2.57. The zero-order valence-electron chi connectivity index (χ0n) is 11.5. The molecule has 0 aromatic rings. The molecule has 0 aromatic carbocycles. The first-order valence-electron chi connectivity index (χ1n) is 6.27. The zero-order chi connectivity index (χ0) is 14.7. The monoisotopic (exact) mass is 269 g/mol. The van der Waals surface area contributed by atoms with E-state index in [1.165, 1.54) is 6.92 Å². The van der Waals surface area contributed by atoms with Crippen molar-refractivity contribution in [3.8, 4) is 0 Å². The Bertz CT molecular complexity index is 419. The topological polar surface area (TPSA) is 95.6 Å². The summed E-state index contributed by atoms with van der Waals surface area (Å²) in [6.45, 7) is 6.69. The van der Waals surface area contributed by atoms with Gasteiger partial charge in [0.2, 0.25) is 17.7 Å². The molecular formula is C12H19N3O4. The van der Waals surface area contributed by atoms with Crippen LogP contribution in [-0.4, -0.2) is 40.7 Å². The Labute approximate surface area is 111 Å². The highest BCUT2D eigenvalue weighted by molar-refractivity contribution is 6.17. The smallest absolute Gasteiger partial charge is 0.331 e. The van der Waals surface area contributed by atoms with E-state index in [1.807, 2.05) is 0 Å². The molecule has 2 atom stereocenters. The van der Waals surface area contributed by atoms with E-state index in [4.69, 9.17) is 0 Å². The van der Waals surface area contributed by atoms with Crippen LogP contribution in [0.3, 0.4) is 0 Å². The van der Waals surface area contributed by atoms with Crippen LogP contribution in [0.4, 0.5) is 4.79 Å². The normalized spacial score (nSPS) is 21.4. The molecule has 0 aliphatic carbocycles. The van der Waals surface area contributed by atoms with Gasteiger partial charge in [0.25, 0.3) is 0 Å². The van der Waals surface area contributed by atoms with Crippen molar-refractivity contribution in [2.45, 2.75) is 46.2 Å². The summed E-state index contributed by atoms with van der Waals surface area (Å²) in [5.41, 5.74) is 0. The molecule has 0 spiro atoms. The van der Waals surface area contributed by atoms with Crippen molar-refractivity contribution in [2.24, 2.45) is 5.92 Å². The Morgan fingerprint density at radius 3 is 2.37 bits per heavy atom. The fourth-order valence-electron chi connectivity index (χ4n) is 1.88. The molecule has 2 N–H and O–H groups in total. The Kier molecular flexibility index (Phi) is 4.63. The summed E-state index contributed by atoms with van der Waals surface area (Å²) < 4.78 is 0. The highest BCUT2D eigenvalue weighted by atomic mass is 16.2. The van der Waals surface area contributed by atoms with Gasteiger partial charge >= 0.3 is 6.03 Å². The quantitative estimate of drug-likeness (QED) is 0.702. The van der Waals surface area contributed by atoms with E-state index in [9.17, 15) is 19.2 Å². The molecule has 0 bridgehead atoms. The molecule has 7 nitrogen and oxygen atoms in total. The van der Waals surface area contributed by atoms with Crippen molar-refractivity contribution < 1.29 is 19.2 Å². The predicted octanol–water partition coefficient (Wildman–Crippen LogP) is 0.00410. The summed E-state index contributed by atoms with van der Waals surface area (Å²) >= 11 is 0. The third kappa shape index (κ3) is 3.10. The zero-order valence-corrected chi connectivity index (χ0v) is 11.5. The molecule has 2 unspecified atom stereocenters. The van der Waals surface area contributed by atoms with Gasteiger partial charge in [0.1, 0.15) is 12.0 Å². The molecule has 1 saturated heterocycles. The molecule has 19 heavy (non-hydrogen) atoms. The van der Waals surface area contributed by atoms with Crippen LogP contribution >= 0.6 is 0 Å². The van der Waals surface area contributed by atoms with Crippen LogP contribution in [0.25, 0.3) is 0 Å². The number of nitrogens with one attached hydrogen (secondary N) is 2. The third-order valence-corrected chi connectivity index (χ3v) is 2.91. The first-order chi connectivity index (χ1) is 8.79. The molecule has 1 rings (SSSR count). The fraction of sp³-hybridized carbons (Fsp3) is 0.667. The Balaban J connectivity index is 2.91. The van der Waals surface area contributed by atoms with Gasteiger partial charge in [0, 0.05) is 6.04 Å². The van der Waals surface area contributed by atoms with E-state index >= 15 is 0 Å². The lowest BCUT2D eigenvalue weighted by Crippen LogP contribution is -2.63. The number of hydrogen-bond acceptors (Lipinski definition) is 4. The van der Waals surface area contributed by atoms with E-state index in [-0.39, 0.29) is 12.5 Å². The maximum absolute atomic E-state index is 12.1. The van der Waals surface area contributed by atoms with Crippen molar-refractivity contribution in [1.29, 1.82) is 0 Å². The number of carbonyl (C=O) groups is 4. The Morgan fingerprint density at radius 2 is 1.89 bits per heavy atom. The molecule has 106 valence electrons. The number of barbiturate groups is 1. The van der Waals surface area contributed by atoms with Crippen molar-refractivity contribution in [3.63, 3.8) is 0 Å². The van der Waals surface area contributed by atoms with Crippen LogP contribution < -0.4 is 10.6 Å². The summed E-state index contributed by atoms with van der Waals surface area (Å²) in [5, 5.41) is 4.72. The van der Waals surface area contributed by atoms with Crippen LogP contribution in [0, 0.1) is 5.92 Å². The van der Waals surface area contributed by atoms with E-state index in [2.05, 4.69) is 10.6 Å². The molecule has 7 heteroatoms. The minimum atomic E-state index is -0.947. The number of nitrogens with zero attached hydrogens (tertiary/aromatic N) is 1. The van der Waals surface area contributed by atoms with Crippen LogP contribution in [0.5, 0.6) is 0 Å². The molecule has 0 aromatic heterocycles. The maximum Gasteiger partial charge on any atom is 0.331 e.